The van der Waals surface area contributed by atoms with Crippen LogP contribution in [0.15, 0.2) is 24.3 Å². The van der Waals surface area contributed by atoms with Crippen molar-refractivity contribution in [1.29, 1.82) is 0 Å². The van der Waals surface area contributed by atoms with Crippen LogP contribution in [0.3, 0.4) is 0 Å². The molecule has 1 unspecified atom stereocenters. The number of ketones is 1. The van der Waals surface area contributed by atoms with Gasteiger partial charge in [-0.2, -0.15) is 0 Å². The zero-order valence-corrected chi connectivity index (χ0v) is 15.7. The van der Waals surface area contributed by atoms with Gasteiger partial charge < -0.3 is 10.4 Å². The summed E-state index contributed by atoms with van der Waals surface area (Å²) in [5.74, 6) is -0.303. The Morgan fingerprint density at radius 1 is 0.960 bits per heavy atom. The van der Waals surface area contributed by atoms with Crippen molar-refractivity contribution in [1.82, 2.24) is 5.32 Å². The standard InChI is InChI=1S/C21H33NO3/c1-3-5-7-8-9-10-16-20(24)22-18(14-6-4-2)21(25)17-13-11-12-15-19(17)23/h11-13,15,18,23H,3-10,14,16H2,1-2H3,(H,22,24). The number of benzene rings is 1. The largest absolute Gasteiger partial charge is 0.507 e. The highest BCUT2D eigenvalue weighted by Gasteiger charge is 2.23. The van der Waals surface area contributed by atoms with Crippen molar-refractivity contribution < 1.29 is 14.7 Å². The second-order valence-electron chi connectivity index (χ2n) is 6.66. The van der Waals surface area contributed by atoms with Crippen LogP contribution in [-0.4, -0.2) is 22.8 Å². The smallest absolute Gasteiger partial charge is 0.220 e. The molecule has 0 heterocycles. The van der Waals surface area contributed by atoms with Gasteiger partial charge in [0.25, 0.3) is 0 Å². The third kappa shape index (κ3) is 8.19. The van der Waals surface area contributed by atoms with Gasteiger partial charge in [0, 0.05) is 6.42 Å². The Bertz CT molecular complexity index is 528. The van der Waals surface area contributed by atoms with E-state index in [1.807, 2.05) is 0 Å². The number of Topliss-reactive ketones (excluding diaryl/α,β-unsaturated/α-hetero) is 1. The lowest BCUT2D eigenvalue weighted by Gasteiger charge is -2.18. The number of hydrogen-bond acceptors (Lipinski definition) is 3. The Balaban J connectivity index is 2.53. The molecule has 0 spiro atoms. The Kier molecular flexibility index (Phi) is 10.6. The maximum absolute atomic E-state index is 12.7. The normalized spacial score (nSPS) is 11.9. The van der Waals surface area contributed by atoms with Crippen LogP contribution < -0.4 is 5.32 Å². The summed E-state index contributed by atoms with van der Waals surface area (Å²) >= 11 is 0. The topological polar surface area (TPSA) is 66.4 Å². The van der Waals surface area contributed by atoms with E-state index in [9.17, 15) is 14.7 Å². The zero-order chi connectivity index (χ0) is 18.5. The van der Waals surface area contributed by atoms with Crippen molar-refractivity contribution in [3.8, 4) is 5.75 Å². The number of carbonyl (C=O) groups excluding carboxylic acids is 2. The molecule has 0 bridgehead atoms. The highest BCUT2D eigenvalue weighted by atomic mass is 16.3. The average molecular weight is 347 g/mol. The molecule has 0 saturated carbocycles. The summed E-state index contributed by atoms with van der Waals surface area (Å²) < 4.78 is 0. The number of phenols is 1. The third-order valence-electron chi connectivity index (χ3n) is 4.42. The van der Waals surface area contributed by atoms with E-state index >= 15 is 0 Å². The lowest BCUT2D eigenvalue weighted by Crippen LogP contribution is -2.40. The lowest BCUT2D eigenvalue weighted by atomic mass is 9.98. The molecule has 140 valence electrons. The number of para-hydroxylation sites is 1. The fraction of sp³-hybridized carbons (Fsp3) is 0.619. The van der Waals surface area contributed by atoms with Gasteiger partial charge in [-0.25, -0.2) is 0 Å². The van der Waals surface area contributed by atoms with Crippen LogP contribution >= 0.6 is 0 Å². The highest BCUT2D eigenvalue weighted by molar-refractivity contribution is 6.03. The Morgan fingerprint density at radius 3 is 2.28 bits per heavy atom. The van der Waals surface area contributed by atoms with Crippen molar-refractivity contribution in [2.24, 2.45) is 0 Å². The summed E-state index contributed by atoms with van der Waals surface area (Å²) in [7, 11) is 0. The van der Waals surface area contributed by atoms with E-state index in [1.165, 1.54) is 25.3 Å². The second kappa shape index (κ2) is 12.5. The maximum atomic E-state index is 12.7. The van der Waals surface area contributed by atoms with Crippen molar-refractivity contribution in [2.75, 3.05) is 0 Å². The van der Waals surface area contributed by atoms with Crippen LogP contribution in [-0.2, 0) is 4.79 Å². The minimum absolute atomic E-state index is 0.0285. The molecule has 0 aliphatic rings. The highest BCUT2D eigenvalue weighted by Crippen LogP contribution is 2.19. The molecule has 1 atom stereocenters. The minimum Gasteiger partial charge on any atom is -0.507 e. The molecule has 0 radical (unpaired) electrons. The van der Waals surface area contributed by atoms with E-state index in [-0.39, 0.29) is 23.0 Å². The van der Waals surface area contributed by atoms with E-state index in [1.54, 1.807) is 18.2 Å². The second-order valence-corrected chi connectivity index (χ2v) is 6.66. The molecule has 0 aliphatic heterocycles. The van der Waals surface area contributed by atoms with Gasteiger partial charge in [0.15, 0.2) is 5.78 Å². The monoisotopic (exact) mass is 347 g/mol. The summed E-state index contributed by atoms with van der Waals surface area (Å²) in [4.78, 5) is 24.9. The molecule has 1 aromatic rings. The molecule has 4 nitrogen and oxygen atoms in total. The van der Waals surface area contributed by atoms with Crippen LogP contribution in [0.25, 0.3) is 0 Å². The molecule has 0 aliphatic carbocycles. The summed E-state index contributed by atoms with van der Waals surface area (Å²) in [5.41, 5.74) is 0.281. The molecule has 25 heavy (non-hydrogen) atoms. The Morgan fingerprint density at radius 2 is 1.60 bits per heavy atom. The first-order valence-corrected chi connectivity index (χ1v) is 9.71. The number of rotatable bonds is 13. The summed E-state index contributed by atoms with van der Waals surface area (Å²) in [6.07, 6.45) is 9.66. The fourth-order valence-corrected chi connectivity index (χ4v) is 2.88. The number of carbonyl (C=O) groups is 2. The zero-order valence-electron chi connectivity index (χ0n) is 15.7. The number of nitrogens with one attached hydrogen (secondary N) is 1. The van der Waals surface area contributed by atoms with Crippen molar-refractivity contribution in [3.05, 3.63) is 29.8 Å². The van der Waals surface area contributed by atoms with Gasteiger partial charge in [-0.15, -0.1) is 0 Å². The maximum Gasteiger partial charge on any atom is 0.220 e. The molecule has 2 N–H and O–H groups in total. The first-order chi connectivity index (χ1) is 12.1. The van der Waals surface area contributed by atoms with E-state index in [2.05, 4.69) is 19.2 Å². The number of phenolic OH excluding ortho intramolecular Hbond substituents is 1. The van der Waals surface area contributed by atoms with Crippen molar-refractivity contribution >= 4 is 11.7 Å². The first-order valence-electron chi connectivity index (χ1n) is 9.71. The van der Waals surface area contributed by atoms with Crippen molar-refractivity contribution in [3.63, 3.8) is 0 Å². The van der Waals surface area contributed by atoms with Crippen LogP contribution in [0.1, 0.15) is 88.4 Å². The average Bonchev–Trinajstić information content (AvgIpc) is 2.61. The fourth-order valence-electron chi connectivity index (χ4n) is 2.88. The van der Waals surface area contributed by atoms with Crippen molar-refractivity contribution in [2.45, 2.75) is 84.1 Å². The quantitative estimate of drug-likeness (QED) is 0.390. The van der Waals surface area contributed by atoms with Crippen LogP contribution in [0, 0.1) is 0 Å². The van der Waals surface area contributed by atoms with Gasteiger partial charge in [-0.1, -0.05) is 70.9 Å². The summed E-state index contributed by atoms with van der Waals surface area (Å²) in [6.45, 7) is 4.24. The summed E-state index contributed by atoms with van der Waals surface area (Å²) in [6, 6.07) is 5.96. The summed E-state index contributed by atoms with van der Waals surface area (Å²) in [5, 5.41) is 12.8. The number of aromatic hydroxyl groups is 1. The predicted octanol–water partition coefficient (Wildman–Crippen LogP) is 5.00. The van der Waals surface area contributed by atoms with Gasteiger partial charge in [-0.05, 0) is 25.0 Å². The SMILES string of the molecule is CCCCCCCCC(=O)NC(CCCC)C(=O)c1ccccc1O. The Hall–Kier alpha value is -1.84. The third-order valence-corrected chi connectivity index (χ3v) is 4.42. The molecule has 4 heteroatoms. The molecule has 1 amide bonds. The predicted molar refractivity (Wildman–Crippen MR) is 102 cm³/mol. The molecular formula is C21H33NO3. The van der Waals surface area contributed by atoms with E-state index < -0.39 is 6.04 Å². The van der Waals surface area contributed by atoms with Gasteiger partial charge in [-0.3, -0.25) is 9.59 Å². The van der Waals surface area contributed by atoms with Gasteiger partial charge >= 0.3 is 0 Å². The number of amides is 1. The van der Waals surface area contributed by atoms with Crippen LogP contribution in [0.5, 0.6) is 5.75 Å². The van der Waals surface area contributed by atoms with Gasteiger partial charge in [0.05, 0.1) is 11.6 Å². The first kappa shape index (κ1) is 21.2. The minimum atomic E-state index is -0.555. The molecule has 1 rings (SSSR count). The number of unbranched alkanes of at least 4 members (excludes halogenated alkanes) is 6. The van der Waals surface area contributed by atoms with Gasteiger partial charge in [0.1, 0.15) is 5.75 Å². The molecular weight excluding hydrogens is 314 g/mol. The van der Waals surface area contributed by atoms with E-state index in [4.69, 9.17) is 0 Å². The molecule has 0 fully saturated rings. The molecule has 0 saturated heterocycles. The molecule has 0 aromatic heterocycles. The van der Waals surface area contributed by atoms with Crippen LogP contribution in [0.4, 0.5) is 0 Å². The lowest BCUT2D eigenvalue weighted by molar-refractivity contribution is -0.121. The number of hydrogen-bond donors (Lipinski definition) is 2. The van der Waals surface area contributed by atoms with Crippen LogP contribution in [0.2, 0.25) is 0 Å². The van der Waals surface area contributed by atoms with Gasteiger partial charge in [0.2, 0.25) is 5.91 Å². The molecule has 1 aromatic carbocycles. The van der Waals surface area contributed by atoms with E-state index in [0.717, 1.165) is 32.1 Å². The van der Waals surface area contributed by atoms with E-state index in [0.29, 0.717) is 12.8 Å². The Labute approximate surface area is 152 Å².